The van der Waals surface area contributed by atoms with E-state index in [1.165, 1.54) is 0 Å². The van der Waals surface area contributed by atoms with E-state index in [4.69, 9.17) is 0 Å². The molecule has 1 aromatic rings. The Morgan fingerprint density at radius 3 is 2.39 bits per heavy atom. The van der Waals surface area contributed by atoms with Crippen molar-refractivity contribution in [1.29, 1.82) is 0 Å². The van der Waals surface area contributed by atoms with Crippen molar-refractivity contribution >= 4 is 21.8 Å². The molecule has 100 valence electrons. The van der Waals surface area contributed by atoms with Crippen molar-refractivity contribution in [3.8, 4) is 0 Å². The molecule has 0 aliphatic heterocycles. The number of amides is 1. The Hall–Kier alpha value is -0.870. The van der Waals surface area contributed by atoms with Crippen LogP contribution in [0, 0.1) is 0 Å². The molecular formula is C14H21BrN2O. The van der Waals surface area contributed by atoms with Gasteiger partial charge in [0.25, 0.3) is 0 Å². The van der Waals surface area contributed by atoms with Crippen LogP contribution in [0.5, 0.6) is 0 Å². The van der Waals surface area contributed by atoms with Crippen LogP contribution in [0.2, 0.25) is 0 Å². The lowest BCUT2D eigenvalue weighted by Crippen LogP contribution is -2.31. The zero-order valence-corrected chi connectivity index (χ0v) is 12.8. The van der Waals surface area contributed by atoms with Crippen molar-refractivity contribution in [2.24, 2.45) is 0 Å². The van der Waals surface area contributed by atoms with Crippen LogP contribution in [0.15, 0.2) is 28.7 Å². The Labute approximate surface area is 117 Å². The molecule has 0 aliphatic carbocycles. The van der Waals surface area contributed by atoms with Crippen LogP contribution in [0.25, 0.3) is 0 Å². The highest BCUT2D eigenvalue weighted by Gasteiger charge is 2.09. The maximum Gasteiger partial charge on any atom is 0.221 e. The number of halogens is 1. The third kappa shape index (κ3) is 5.65. The van der Waals surface area contributed by atoms with Gasteiger partial charge in [0.15, 0.2) is 0 Å². The van der Waals surface area contributed by atoms with E-state index in [9.17, 15) is 4.79 Å². The van der Waals surface area contributed by atoms with Crippen LogP contribution >= 0.6 is 15.9 Å². The van der Waals surface area contributed by atoms with Gasteiger partial charge < -0.3 is 10.6 Å². The van der Waals surface area contributed by atoms with Gasteiger partial charge in [-0.2, -0.15) is 0 Å². The minimum absolute atomic E-state index is 0.0460. The van der Waals surface area contributed by atoms with Crippen molar-refractivity contribution in [1.82, 2.24) is 10.6 Å². The Kier molecular flexibility index (Phi) is 6.36. The predicted octanol–water partition coefficient (Wildman–Crippen LogP) is 3.01. The summed E-state index contributed by atoms with van der Waals surface area (Å²) in [5, 5.41) is 6.22. The van der Waals surface area contributed by atoms with Gasteiger partial charge in [-0.1, -0.05) is 41.9 Å². The van der Waals surface area contributed by atoms with E-state index in [-0.39, 0.29) is 11.9 Å². The molecule has 18 heavy (non-hydrogen) atoms. The summed E-state index contributed by atoms with van der Waals surface area (Å²) in [4.78, 5) is 11.7. The third-order valence-corrected chi connectivity index (χ3v) is 3.18. The zero-order valence-electron chi connectivity index (χ0n) is 11.2. The number of benzene rings is 1. The molecule has 0 aliphatic rings. The Morgan fingerprint density at radius 1 is 1.22 bits per heavy atom. The molecule has 1 unspecified atom stereocenters. The standard InChI is InChI=1S/C14H21BrN2O/c1-10(2)16-9-8-14(18)17-11(3)12-4-6-13(15)7-5-12/h4-7,10-11,16H,8-9H2,1-3H3,(H,17,18). The Morgan fingerprint density at radius 2 is 1.83 bits per heavy atom. The first kappa shape index (κ1) is 15.2. The van der Waals surface area contributed by atoms with Gasteiger partial charge in [-0.3, -0.25) is 4.79 Å². The highest BCUT2D eigenvalue weighted by atomic mass is 79.9. The molecule has 1 aromatic carbocycles. The second-order valence-electron chi connectivity index (χ2n) is 4.70. The Balaban J connectivity index is 2.37. The summed E-state index contributed by atoms with van der Waals surface area (Å²) < 4.78 is 1.05. The highest BCUT2D eigenvalue weighted by molar-refractivity contribution is 9.10. The normalized spacial score (nSPS) is 12.5. The first-order chi connectivity index (χ1) is 8.49. The lowest BCUT2D eigenvalue weighted by molar-refractivity contribution is -0.121. The van der Waals surface area contributed by atoms with E-state index in [0.29, 0.717) is 12.5 Å². The molecule has 0 spiro atoms. The van der Waals surface area contributed by atoms with Crippen LogP contribution in [0.3, 0.4) is 0 Å². The quantitative estimate of drug-likeness (QED) is 0.847. The molecule has 0 saturated heterocycles. The second kappa shape index (κ2) is 7.54. The summed E-state index contributed by atoms with van der Waals surface area (Å²) in [6, 6.07) is 8.46. The summed E-state index contributed by atoms with van der Waals surface area (Å²) in [7, 11) is 0. The average Bonchev–Trinajstić information content (AvgIpc) is 2.29. The second-order valence-corrected chi connectivity index (χ2v) is 5.62. The first-order valence-corrected chi connectivity index (χ1v) is 7.06. The molecule has 0 heterocycles. The predicted molar refractivity (Wildman–Crippen MR) is 78.5 cm³/mol. The molecule has 0 bridgehead atoms. The van der Waals surface area contributed by atoms with Crippen molar-refractivity contribution in [3.05, 3.63) is 34.3 Å². The van der Waals surface area contributed by atoms with Gasteiger partial charge in [0.1, 0.15) is 0 Å². The monoisotopic (exact) mass is 312 g/mol. The van der Waals surface area contributed by atoms with E-state index >= 15 is 0 Å². The topological polar surface area (TPSA) is 41.1 Å². The van der Waals surface area contributed by atoms with Gasteiger partial charge in [-0.05, 0) is 24.6 Å². The van der Waals surface area contributed by atoms with Gasteiger partial charge in [0, 0.05) is 23.5 Å². The van der Waals surface area contributed by atoms with E-state index in [0.717, 1.165) is 16.6 Å². The van der Waals surface area contributed by atoms with E-state index in [1.807, 2.05) is 31.2 Å². The first-order valence-electron chi connectivity index (χ1n) is 6.27. The fourth-order valence-electron chi connectivity index (χ4n) is 1.62. The summed E-state index contributed by atoms with van der Waals surface area (Å²) in [6.45, 7) is 6.86. The van der Waals surface area contributed by atoms with E-state index in [2.05, 4.69) is 40.4 Å². The lowest BCUT2D eigenvalue weighted by atomic mass is 10.1. The van der Waals surface area contributed by atoms with Crippen molar-refractivity contribution in [2.45, 2.75) is 39.3 Å². The van der Waals surface area contributed by atoms with Crippen LogP contribution in [-0.2, 0) is 4.79 Å². The SMILES string of the molecule is CC(C)NCCC(=O)NC(C)c1ccc(Br)cc1. The van der Waals surface area contributed by atoms with Crippen LogP contribution in [0.1, 0.15) is 38.8 Å². The highest BCUT2D eigenvalue weighted by Crippen LogP contribution is 2.16. The van der Waals surface area contributed by atoms with Crippen LogP contribution < -0.4 is 10.6 Å². The number of hydrogen-bond acceptors (Lipinski definition) is 2. The molecule has 1 amide bonds. The van der Waals surface area contributed by atoms with E-state index in [1.54, 1.807) is 0 Å². The van der Waals surface area contributed by atoms with Crippen molar-refractivity contribution in [3.63, 3.8) is 0 Å². The molecular weight excluding hydrogens is 292 g/mol. The molecule has 1 atom stereocenters. The number of nitrogens with one attached hydrogen (secondary N) is 2. The molecule has 4 heteroatoms. The Bertz CT molecular complexity index is 376. The van der Waals surface area contributed by atoms with E-state index < -0.39 is 0 Å². The molecule has 3 nitrogen and oxygen atoms in total. The van der Waals surface area contributed by atoms with Gasteiger partial charge in [-0.15, -0.1) is 0 Å². The summed E-state index contributed by atoms with van der Waals surface area (Å²) in [5.41, 5.74) is 1.11. The number of carbonyl (C=O) groups excluding carboxylic acids is 1. The van der Waals surface area contributed by atoms with Crippen LogP contribution in [-0.4, -0.2) is 18.5 Å². The van der Waals surface area contributed by atoms with Crippen molar-refractivity contribution < 1.29 is 4.79 Å². The molecule has 0 aromatic heterocycles. The van der Waals surface area contributed by atoms with Gasteiger partial charge in [-0.25, -0.2) is 0 Å². The number of carbonyl (C=O) groups is 1. The zero-order chi connectivity index (χ0) is 13.5. The summed E-state index contributed by atoms with van der Waals surface area (Å²) in [5.74, 6) is 0.0820. The molecule has 0 saturated carbocycles. The summed E-state index contributed by atoms with van der Waals surface area (Å²) >= 11 is 3.40. The number of hydrogen-bond donors (Lipinski definition) is 2. The average molecular weight is 313 g/mol. The summed E-state index contributed by atoms with van der Waals surface area (Å²) in [6.07, 6.45) is 0.513. The van der Waals surface area contributed by atoms with Gasteiger partial charge in [0.05, 0.1) is 6.04 Å². The van der Waals surface area contributed by atoms with Crippen LogP contribution in [0.4, 0.5) is 0 Å². The largest absolute Gasteiger partial charge is 0.350 e. The maximum absolute atomic E-state index is 11.7. The molecule has 1 rings (SSSR count). The fraction of sp³-hybridized carbons (Fsp3) is 0.500. The molecule has 0 fully saturated rings. The molecule has 0 radical (unpaired) electrons. The minimum atomic E-state index is 0.0460. The maximum atomic E-state index is 11.7. The minimum Gasteiger partial charge on any atom is -0.350 e. The lowest BCUT2D eigenvalue weighted by Gasteiger charge is -2.15. The fourth-order valence-corrected chi connectivity index (χ4v) is 1.89. The molecule has 2 N–H and O–H groups in total. The third-order valence-electron chi connectivity index (χ3n) is 2.65. The number of rotatable bonds is 6. The smallest absolute Gasteiger partial charge is 0.221 e. The van der Waals surface area contributed by atoms with Gasteiger partial charge in [0.2, 0.25) is 5.91 Å². The van der Waals surface area contributed by atoms with Gasteiger partial charge >= 0.3 is 0 Å². The van der Waals surface area contributed by atoms with Crippen molar-refractivity contribution in [2.75, 3.05) is 6.54 Å².